The number of H-pyrrole nitrogens is 1. The predicted octanol–water partition coefficient (Wildman–Crippen LogP) is 1.12. The molecule has 2 unspecified atom stereocenters. The van der Waals surface area contributed by atoms with Gasteiger partial charge >= 0.3 is 0 Å². The molecule has 1 fully saturated rings. The highest BCUT2D eigenvalue weighted by Crippen LogP contribution is 2.23. The second kappa shape index (κ2) is 5.23. The number of nitrogens with zero attached hydrogens (tertiary/aromatic N) is 2. The zero-order valence-corrected chi connectivity index (χ0v) is 10.4. The minimum absolute atomic E-state index is 0.0709. The van der Waals surface area contributed by atoms with Crippen molar-refractivity contribution >= 4 is 5.91 Å². The molecule has 5 heteroatoms. The second-order valence-electron chi connectivity index (χ2n) is 4.85. The Kier molecular flexibility index (Phi) is 3.68. The van der Waals surface area contributed by atoms with E-state index in [9.17, 15) is 9.90 Å². The Bertz CT molecular complexity index is 475. The maximum absolute atomic E-state index is 12.3. The van der Waals surface area contributed by atoms with Crippen molar-refractivity contribution in [3.05, 3.63) is 23.5 Å². The first-order valence-electron chi connectivity index (χ1n) is 6.16. The van der Waals surface area contributed by atoms with Crippen molar-refractivity contribution in [2.75, 3.05) is 13.2 Å². The highest BCUT2D eigenvalue weighted by molar-refractivity contribution is 5.94. The first-order valence-corrected chi connectivity index (χ1v) is 6.16. The maximum Gasteiger partial charge on any atom is 0.255 e. The number of nitriles is 1. The molecule has 0 aliphatic carbocycles. The molecule has 0 radical (unpaired) electrons. The zero-order chi connectivity index (χ0) is 13.1. The maximum atomic E-state index is 12.3. The predicted molar refractivity (Wildman–Crippen MR) is 65.8 cm³/mol. The van der Waals surface area contributed by atoms with Gasteiger partial charge in [0.2, 0.25) is 0 Å². The van der Waals surface area contributed by atoms with Crippen LogP contribution in [0.1, 0.15) is 35.8 Å². The van der Waals surface area contributed by atoms with E-state index < -0.39 is 0 Å². The summed E-state index contributed by atoms with van der Waals surface area (Å²) >= 11 is 0. The van der Waals surface area contributed by atoms with Crippen molar-refractivity contribution in [1.82, 2.24) is 9.88 Å². The van der Waals surface area contributed by atoms with Gasteiger partial charge in [0.1, 0.15) is 11.8 Å². The number of amides is 1. The number of likely N-dealkylation sites (tertiary alicyclic amines) is 1. The Labute approximate surface area is 106 Å². The lowest BCUT2D eigenvalue weighted by Crippen LogP contribution is -2.46. The number of piperidine rings is 1. The summed E-state index contributed by atoms with van der Waals surface area (Å²) in [5, 5.41) is 17.9. The van der Waals surface area contributed by atoms with E-state index in [1.807, 2.05) is 13.0 Å². The first-order chi connectivity index (χ1) is 8.65. The number of aromatic nitrogens is 1. The second-order valence-corrected chi connectivity index (χ2v) is 4.85. The van der Waals surface area contributed by atoms with Gasteiger partial charge in [-0.15, -0.1) is 0 Å². The molecule has 2 atom stereocenters. The van der Waals surface area contributed by atoms with Gasteiger partial charge in [0.15, 0.2) is 0 Å². The summed E-state index contributed by atoms with van der Waals surface area (Å²) in [5.74, 6) is 0.0953. The topological polar surface area (TPSA) is 80.1 Å². The number of carbonyl (C=O) groups excluding carboxylic acids is 1. The molecule has 1 aliphatic heterocycles. The molecule has 18 heavy (non-hydrogen) atoms. The molecule has 2 heterocycles. The number of aliphatic hydroxyl groups is 1. The van der Waals surface area contributed by atoms with Crippen LogP contribution < -0.4 is 0 Å². The molecular weight excluding hydrogens is 230 g/mol. The average Bonchev–Trinajstić information content (AvgIpc) is 2.87. The molecule has 1 aliphatic rings. The highest BCUT2D eigenvalue weighted by Gasteiger charge is 2.29. The van der Waals surface area contributed by atoms with Crippen molar-refractivity contribution in [2.24, 2.45) is 5.92 Å². The number of hydrogen-bond donors (Lipinski definition) is 2. The normalized spacial score (nSPS) is 23.7. The Morgan fingerprint density at radius 1 is 1.67 bits per heavy atom. The number of aromatic amines is 1. The lowest BCUT2D eigenvalue weighted by atomic mass is 9.93. The first kappa shape index (κ1) is 12.7. The van der Waals surface area contributed by atoms with Crippen LogP contribution in [0.4, 0.5) is 0 Å². The van der Waals surface area contributed by atoms with Crippen LogP contribution in [0.15, 0.2) is 12.3 Å². The van der Waals surface area contributed by atoms with Crippen LogP contribution in [0.2, 0.25) is 0 Å². The summed E-state index contributed by atoms with van der Waals surface area (Å²) in [4.78, 5) is 16.9. The summed E-state index contributed by atoms with van der Waals surface area (Å²) in [6, 6.07) is 3.72. The summed E-state index contributed by atoms with van der Waals surface area (Å²) < 4.78 is 0. The monoisotopic (exact) mass is 247 g/mol. The average molecular weight is 247 g/mol. The van der Waals surface area contributed by atoms with Gasteiger partial charge in [0.05, 0.1) is 5.56 Å². The minimum atomic E-state index is -0.0709. The van der Waals surface area contributed by atoms with Gasteiger partial charge < -0.3 is 15.0 Å². The van der Waals surface area contributed by atoms with E-state index in [1.165, 1.54) is 0 Å². The fraction of sp³-hybridized carbons (Fsp3) is 0.538. The molecule has 0 saturated carbocycles. The molecule has 5 nitrogen and oxygen atoms in total. The van der Waals surface area contributed by atoms with Gasteiger partial charge in [-0.05, 0) is 31.7 Å². The molecule has 1 amide bonds. The third-order valence-corrected chi connectivity index (χ3v) is 3.55. The van der Waals surface area contributed by atoms with Crippen LogP contribution in [0.25, 0.3) is 0 Å². The zero-order valence-electron chi connectivity index (χ0n) is 10.4. The van der Waals surface area contributed by atoms with Crippen molar-refractivity contribution in [3.8, 4) is 6.07 Å². The SMILES string of the molecule is CC1CCC(CO)CN1C(=O)c1c[nH]c(C#N)c1. The van der Waals surface area contributed by atoms with Crippen LogP contribution in [0, 0.1) is 17.2 Å². The van der Waals surface area contributed by atoms with Gasteiger partial charge in [-0.25, -0.2) is 0 Å². The summed E-state index contributed by atoms with van der Waals surface area (Å²) in [6.45, 7) is 2.72. The van der Waals surface area contributed by atoms with E-state index >= 15 is 0 Å². The number of hydrogen-bond acceptors (Lipinski definition) is 3. The van der Waals surface area contributed by atoms with Gasteiger partial charge in [-0.2, -0.15) is 5.26 Å². The van der Waals surface area contributed by atoms with E-state index in [2.05, 4.69) is 4.98 Å². The van der Waals surface area contributed by atoms with Crippen LogP contribution in [-0.2, 0) is 0 Å². The molecule has 96 valence electrons. The molecule has 2 N–H and O–H groups in total. The van der Waals surface area contributed by atoms with E-state index in [1.54, 1.807) is 17.2 Å². The molecule has 1 saturated heterocycles. The van der Waals surface area contributed by atoms with E-state index in [0.717, 1.165) is 12.8 Å². The number of rotatable bonds is 2. The molecular formula is C13H17N3O2. The lowest BCUT2D eigenvalue weighted by molar-refractivity contribution is 0.0489. The third-order valence-electron chi connectivity index (χ3n) is 3.55. The van der Waals surface area contributed by atoms with Crippen molar-refractivity contribution in [3.63, 3.8) is 0 Å². The van der Waals surface area contributed by atoms with Gasteiger partial charge in [-0.1, -0.05) is 0 Å². The fourth-order valence-corrected chi connectivity index (χ4v) is 2.36. The quantitative estimate of drug-likeness (QED) is 0.821. The van der Waals surface area contributed by atoms with Crippen molar-refractivity contribution in [2.45, 2.75) is 25.8 Å². The minimum Gasteiger partial charge on any atom is -0.396 e. The molecule has 2 rings (SSSR count). The largest absolute Gasteiger partial charge is 0.396 e. The Morgan fingerprint density at radius 3 is 3.06 bits per heavy atom. The van der Waals surface area contributed by atoms with E-state index in [4.69, 9.17) is 5.26 Å². The van der Waals surface area contributed by atoms with E-state index in [-0.39, 0.29) is 24.5 Å². The standard InChI is InChI=1S/C13H17N3O2/c1-9-2-3-10(8-17)7-16(9)13(18)11-4-12(5-14)15-6-11/h4,6,9-10,15,17H,2-3,7-8H2,1H3. The Morgan fingerprint density at radius 2 is 2.44 bits per heavy atom. The van der Waals surface area contributed by atoms with Crippen molar-refractivity contribution in [1.29, 1.82) is 5.26 Å². The van der Waals surface area contributed by atoms with E-state index in [0.29, 0.717) is 17.8 Å². The summed E-state index contributed by atoms with van der Waals surface area (Å²) in [6.07, 6.45) is 3.43. The summed E-state index contributed by atoms with van der Waals surface area (Å²) in [7, 11) is 0. The smallest absolute Gasteiger partial charge is 0.255 e. The molecule has 0 spiro atoms. The molecule has 1 aromatic heterocycles. The van der Waals surface area contributed by atoms with Crippen molar-refractivity contribution < 1.29 is 9.90 Å². The summed E-state index contributed by atoms with van der Waals surface area (Å²) in [5.41, 5.74) is 0.902. The van der Waals surface area contributed by atoms with Crippen LogP contribution in [0.3, 0.4) is 0 Å². The van der Waals surface area contributed by atoms with Gasteiger partial charge in [-0.3, -0.25) is 4.79 Å². The fourth-order valence-electron chi connectivity index (χ4n) is 2.36. The molecule has 0 bridgehead atoms. The molecule has 1 aromatic rings. The number of carbonyl (C=O) groups is 1. The van der Waals surface area contributed by atoms with Gasteiger partial charge in [0.25, 0.3) is 5.91 Å². The number of nitrogens with one attached hydrogen (secondary N) is 1. The van der Waals surface area contributed by atoms with Crippen LogP contribution in [-0.4, -0.2) is 40.1 Å². The highest BCUT2D eigenvalue weighted by atomic mass is 16.3. The van der Waals surface area contributed by atoms with Crippen LogP contribution in [0.5, 0.6) is 0 Å². The van der Waals surface area contributed by atoms with Gasteiger partial charge in [0, 0.05) is 25.4 Å². The molecule has 0 aromatic carbocycles. The van der Waals surface area contributed by atoms with Crippen LogP contribution >= 0.6 is 0 Å². The number of aliphatic hydroxyl groups excluding tert-OH is 1. The third kappa shape index (κ3) is 2.39. The Balaban J connectivity index is 2.14. The Hall–Kier alpha value is -1.80. The lowest BCUT2D eigenvalue weighted by Gasteiger charge is -2.37.